The Hall–Kier alpha value is -4.64. The van der Waals surface area contributed by atoms with Gasteiger partial charge in [-0.1, -0.05) is 49.8 Å². The maximum Gasteiger partial charge on any atom is 0.350 e. The Balaban J connectivity index is 1.86. The number of aliphatic hydroxyl groups is 1. The summed E-state index contributed by atoms with van der Waals surface area (Å²) in [7, 11) is 1.52. The number of hydrogen-bond donors (Lipinski definition) is 1. The third-order valence-corrected chi connectivity index (χ3v) is 8.04. The van der Waals surface area contributed by atoms with Crippen molar-refractivity contribution in [2.24, 2.45) is 0 Å². The summed E-state index contributed by atoms with van der Waals surface area (Å²) in [6.45, 7) is 9.98. The molecule has 1 unspecified atom stereocenters. The summed E-state index contributed by atoms with van der Waals surface area (Å²) in [6, 6.07) is 10.5. The van der Waals surface area contributed by atoms with E-state index in [0.717, 1.165) is 30.6 Å². The van der Waals surface area contributed by atoms with Crippen LogP contribution in [0.4, 0.5) is 5.13 Å². The molecule has 232 valence electrons. The monoisotopic (exact) mass is 620 g/mol. The number of aromatic nitrogens is 1. The van der Waals surface area contributed by atoms with E-state index >= 15 is 0 Å². The van der Waals surface area contributed by atoms with Gasteiger partial charge in [0.2, 0.25) is 0 Å². The molecule has 0 bridgehead atoms. The molecule has 2 aromatic carbocycles. The molecule has 10 nitrogen and oxygen atoms in total. The van der Waals surface area contributed by atoms with Gasteiger partial charge in [0.15, 0.2) is 16.6 Å². The molecule has 11 heteroatoms. The second kappa shape index (κ2) is 14.7. The Bertz CT molecular complexity index is 1560. The van der Waals surface area contributed by atoms with Gasteiger partial charge in [0.1, 0.15) is 23.0 Å². The first-order valence-electron chi connectivity index (χ1n) is 14.4. The fourth-order valence-electron chi connectivity index (χ4n) is 4.74. The minimum absolute atomic E-state index is 0.00491. The minimum Gasteiger partial charge on any atom is -0.507 e. The first-order chi connectivity index (χ1) is 21.2. The van der Waals surface area contributed by atoms with Crippen LogP contribution in [0.15, 0.2) is 60.7 Å². The molecule has 1 atom stereocenters. The molecule has 1 amide bonds. The van der Waals surface area contributed by atoms with Crippen molar-refractivity contribution in [3.8, 4) is 17.2 Å². The van der Waals surface area contributed by atoms with Crippen LogP contribution in [-0.2, 0) is 14.3 Å². The molecule has 1 aliphatic heterocycles. The number of aryl methyl sites for hydroxylation is 1. The average Bonchev–Trinajstić information content (AvgIpc) is 3.54. The highest BCUT2D eigenvalue weighted by Gasteiger charge is 2.48. The second-order valence-corrected chi connectivity index (χ2v) is 10.9. The Morgan fingerprint density at radius 2 is 1.84 bits per heavy atom. The van der Waals surface area contributed by atoms with Crippen molar-refractivity contribution in [3.63, 3.8) is 0 Å². The number of nitrogens with zero attached hydrogens (tertiary/aromatic N) is 2. The number of anilines is 1. The first kappa shape index (κ1) is 32.3. The molecule has 0 radical (unpaired) electrons. The SMILES string of the molecule is C=CCOC(=O)c1sc(N2C(=O)C(=O)C(=C(O)c3ccc(OC)cc3)C2c2ccc(OCCCCC)c(OCC)c2)nc1C. The normalized spacial score (nSPS) is 15.7. The lowest BCUT2D eigenvalue weighted by Gasteiger charge is -2.24. The van der Waals surface area contributed by atoms with Crippen LogP contribution in [0, 0.1) is 6.92 Å². The molecule has 0 spiro atoms. The lowest BCUT2D eigenvalue weighted by Crippen LogP contribution is -2.29. The molecule has 4 rings (SSSR count). The number of amides is 1. The number of carbonyl (C=O) groups excluding carboxylic acids is 3. The number of benzene rings is 2. The number of esters is 1. The van der Waals surface area contributed by atoms with E-state index in [0.29, 0.717) is 47.3 Å². The van der Waals surface area contributed by atoms with E-state index in [9.17, 15) is 19.5 Å². The summed E-state index contributed by atoms with van der Waals surface area (Å²) in [5, 5.41) is 11.6. The fraction of sp³-hybridized carbons (Fsp3) is 0.333. The fourth-order valence-corrected chi connectivity index (χ4v) is 5.73. The van der Waals surface area contributed by atoms with Crippen molar-refractivity contribution in [3.05, 3.63) is 82.4 Å². The van der Waals surface area contributed by atoms with Crippen molar-refractivity contribution < 1.29 is 38.4 Å². The highest BCUT2D eigenvalue weighted by atomic mass is 32.1. The molecular formula is C33H36N2O8S. The highest BCUT2D eigenvalue weighted by Crippen LogP contribution is 2.45. The smallest absolute Gasteiger partial charge is 0.350 e. The summed E-state index contributed by atoms with van der Waals surface area (Å²) in [5.41, 5.74) is 0.995. The van der Waals surface area contributed by atoms with E-state index in [1.165, 1.54) is 18.1 Å². The number of methoxy groups -OCH3 is 1. The van der Waals surface area contributed by atoms with Gasteiger partial charge in [0.05, 0.1) is 37.6 Å². The van der Waals surface area contributed by atoms with Gasteiger partial charge in [-0.2, -0.15) is 0 Å². The predicted molar refractivity (Wildman–Crippen MR) is 168 cm³/mol. The number of carbonyl (C=O) groups is 3. The maximum absolute atomic E-state index is 13.7. The summed E-state index contributed by atoms with van der Waals surface area (Å²) in [5.74, 6) is -1.27. The molecule has 1 N–H and O–H groups in total. The molecule has 0 aliphatic carbocycles. The third-order valence-electron chi connectivity index (χ3n) is 6.91. The van der Waals surface area contributed by atoms with Crippen LogP contribution in [0.25, 0.3) is 5.76 Å². The summed E-state index contributed by atoms with van der Waals surface area (Å²) in [4.78, 5) is 45.9. The Labute approximate surface area is 260 Å². The van der Waals surface area contributed by atoms with Crippen molar-refractivity contribution in [2.75, 3.05) is 31.8 Å². The number of thiazole rings is 1. The van der Waals surface area contributed by atoms with Crippen LogP contribution in [-0.4, -0.2) is 54.7 Å². The number of Topliss-reactive ketones (excluding diaryl/α,β-unsaturated/α-hetero) is 1. The summed E-state index contributed by atoms with van der Waals surface area (Å²) in [6.07, 6.45) is 4.40. The number of aliphatic hydroxyl groups excluding tert-OH is 1. The Kier molecular flexibility index (Phi) is 10.8. The van der Waals surface area contributed by atoms with Crippen molar-refractivity contribution in [2.45, 2.75) is 46.1 Å². The highest BCUT2D eigenvalue weighted by molar-refractivity contribution is 7.17. The molecule has 2 heterocycles. The van der Waals surface area contributed by atoms with Gasteiger partial charge in [0, 0.05) is 5.56 Å². The summed E-state index contributed by atoms with van der Waals surface area (Å²) < 4.78 is 22.3. The standard InChI is InChI=1S/C33H36N2O8S/c1-6-9-10-18-42-24-16-13-22(19-25(24)41-8-3)27-26(28(36)21-11-14-23(40-5)15-12-21)29(37)31(38)35(27)33-34-20(4)30(44-33)32(39)43-17-7-2/h7,11-16,19,27,36H,2,6,8-10,17-18H2,1,3-5H3. The second-order valence-electron chi connectivity index (χ2n) is 9.89. The molecule has 3 aromatic rings. The zero-order valence-corrected chi connectivity index (χ0v) is 26.1. The van der Waals surface area contributed by atoms with Gasteiger partial charge in [-0.25, -0.2) is 9.78 Å². The van der Waals surface area contributed by atoms with E-state index in [2.05, 4.69) is 18.5 Å². The topological polar surface area (TPSA) is 124 Å². The molecular weight excluding hydrogens is 584 g/mol. The van der Waals surface area contributed by atoms with E-state index in [-0.39, 0.29) is 27.9 Å². The Morgan fingerprint density at radius 3 is 2.50 bits per heavy atom. The largest absolute Gasteiger partial charge is 0.507 e. The zero-order chi connectivity index (χ0) is 31.8. The average molecular weight is 621 g/mol. The zero-order valence-electron chi connectivity index (χ0n) is 25.3. The molecule has 1 aromatic heterocycles. The van der Waals surface area contributed by atoms with Crippen LogP contribution in [0.5, 0.6) is 17.2 Å². The number of hydrogen-bond acceptors (Lipinski definition) is 10. The van der Waals surface area contributed by atoms with Crippen molar-refractivity contribution >= 4 is 39.9 Å². The van der Waals surface area contributed by atoms with E-state index in [1.807, 2.05) is 6.92 Å². The molecule has 1 saturated heterocycles. The lowest BCUT2D eigenvalue weighted by atomic mass is 9.95. The third kappa shape index (κ3) is 6.78. The van der Waals surface area contributed by atoms with E-state index in [4.69, 9.17) is 18.9 Å². The number of rotatable bonds is 14. The van der Waals surface area contributed by atoms with Crippen LogP contribution in [0.2, 0.25) is 0 Å². The van der Waals surface area contributed by atoms with Gasteiger partial charge in [-0.15, -0.1) is 0 Å². The number of ketones is 1. The minimum atomic E-state index is -1.09. The van der Waals surface area contributed by atoms with Gasteiger partial charge < -0.3 is 24.1 Å². The van der Waals surface area contributed by atoms with Gasteiger partial charge in [0.25, 0.3) is 5.78 Å². The van der Waals surface area contributed by atoms with Crippen LogP contribution in [0.3, 0.4) is 0 Å². The van der Waals surface area contributed by atoms with Crippen LogP contribution in [0.1, 0.15) is 65.6 Å². The quantitative estimate of drug-likeness (QED) is 0.0545. The van der Waals surface area contributed by atoms with Gasteiger partial charge in [-0.05, 0) is 62.2 Å². The first-order valence-corrected chi connectivity index (χ1v) is 15.2. The van der Waals surface area contributed by atoms with E-state index < -0.39 is 23.7 Å². The molecule has 44 heavy (non-hydrogen) atoms. The summed E-state index contributed by atoms with van der Waals surface area (Å²) >= 11 is 0.924. The van der Waals surface area contributed by atoms with Crippen molar-refractivity contribution in [1.29, 1.82) is 0 Å². The molecule has 1 aliphatic rings. The van der Waals surface area contributed by atoms with E-state index in [1.54, 1.807) is 49.4 Å². The van der Waals surface area contributed by atoms with Crippen molar-refractivity contribution in [1.82, 2.24) is 4.98 Å². The number of ether oxygens (including phenoxy) is 4. The predicted octanol–water partition coefficient (Wildman–Crippen LogP) is 6.40. The number of unbranched alkanes of at least 4 members (excludes halogenated alkanes) is 2. The maximum atomic E-state index is 13.7. The van der Waals surface area contributed by atoms with Crippen LogP contribution < -0.4 is 19.1 Å². The molecule has 1 fully saturated rings. The Morgan fingerprint density at radius 1 is 1.09 bits per heavy atom. The molecule has 0 saturated carbocycles. The lowest BCUT2D eigenvalue weighted by molar-refractivity contribution is -0.132. The van der Waals surface area contributed by atoms with Gasteiger partial charge >= 0.3 is 11.9 Å². The van der Waals surface area contributed by atoms with Crippen LogP contribution >= 0.6 is 11.3 Å². The van der Waals surface area contributed by atoms with Gasteiger partial charge in [-0.3, -0.25) is 14.5 Å².